The number of methoxy groups -OCH3 is 1. The number of nitrogens with zero attached hydrogens (tertiary/aromatic N) is 6. The first-order valence-corrected chi connectivity index (χ1v) is 10.0. The molecule has 0 radical (unpaired) electrons. The number of guanidine groups is 1. The molecule has 0 bridgehead atoms. The Morgan fingerprint density at radius 2 is 1.83 bits per heavy atom. The van der Waals surface area contributed by atoms with Crippen LogP contribution in [0, 0.1) is 0 Å². The molecular weight excluding hydrogens is 481 g/mol. The van der Waals surface area contributed by atoms with Gasteiger partial charge in [0.25, 0.3) is 0 Å². The molecule has 1 saturated heterocycles. The molecule has 8 nitrogen and oxygen atoms in total. The Morgan fingerprint density at radius 3 is 2.52 bits per heavy atom. The number of fused-ring (bicyclic) bond motifs is 1. The van der Waals surface area contributed by atoms with E-state index in [1.807, 2.05) is 19.2 Å². The molecule has 1 aromatic heterocycles. The van der Waals surface area contributed by atoms with Crippen LogP contribution in [-0.2, 0) is 19.5 Å². The fourth-order valence-corrected chi connectivity index (χ4v) is 3.96. The highest BCUT2D eigenvalue weighted by Gasteiger charge is 2.21. The summed E-state index contributed by atoms with van der Waals surface area (Å²) in [7, 11) is 3.54. The third kappa shape index (κ3) is 4.93. The van der Waals surface area contributed by atoms with Crippen molar-refractivity contribution in [3.63, 3.8) is 0 Å². The molecule has 0 unspecified atom stereocenters. The van der Waals surface area contributed by atoms with Gasteiger partial charge in [0.1, 0.15) is 11.6 Å². The second kappa shape index (κ2) is 10.1. The molecule has 1 fully saturated rings. The molecule has 0 atom stereocenters. The average molecular weight is 511 g/mol. The molecule has 2 aromatic rings. The van der Waals surface area contributed by atoms with E-state index in [1.165, 1.54) is 18.5 Å². The number of nitrogens with one attached hydrogen (secondary N) is 1. The minimum atomic E-state index is 0. The lowest BCUT2D eigenvalue weighted by Crippen LogP contribution is -2.52. The number of aryl methyl sites for hydroxylation is 1. The molecule has 0 saturated carbocycles. The first-order chi connectivity index (χ1) is 13.8. The van der Waals surface area contributed by atoms with Gasteiger partial charge in [0, 0.05) is 51.9 Å². The lowest BCUT2D eigenvalue weighted by molar-refractivity contribution is 0.371. The van der Waals surface area contributed by atoms with Crippen molar-refractivity contribution in [2.45, 2.75) is 32.4 Å². The van der Waals surface area contributed by atoms with E-state index in [0.29, 0.717) is 6.54 Å². The van der Waals surface area contributed by atoms with E-state index >= 15 is 0 Å². The topological polar surface area (TPSA) is 70.8 Å². The number of aromatic nitrogens is 3. The van der Waals surface area contributed by atoms with E-state index in [4.69, 9.17) is 4.74 Å². The molecule has 2 aliphatic heterocycles. The summed E-state index contributed by atoms with van der Waals surface area (Å²) < 4.78 is 7.51. The summed E-state index contributed by atoms with van der Waals surface area (Å²) in [5.41, 5.74) is 1.23. The Hall–Kier alpha value is -2.04. The molecule has 2 aliphatic rings. The molecule has 1 aromatic carbocycles. The van der Waals surface area contributed by atoms with E-state index in [-0.39, 0.29) is 24.0 Å². The van der Waals surface area contributed by atoms with Crippen molar-refractivity contribution in [1.82, 2.24) is 25.0 Å². The molecule has 0 amide bonds. The van der Waals surface area contributed by atoms with Gasteiger partial charge < -0.3 is 24.4 Å². The molecule has 1 N–H and O–H groups in total. The van der Waals surface area contributed by atoms with Crippen LogP contribution in [0.2, 0.25) is 0 Å². The largest absolute Gasteiger partial charge is 0.497 e. The summed E-state index contributed by atoms with van der Waals surface area (Å²) in [4.78, 5) is 9.20. The van der Waals surface area contributed by atoms with Gasteiger partial charge in [-0.1, -0.05) is 0 Å². The van der Waals surface area contributed by atoms with Crippen molar-refractivity contribution in [3.8, 4) is 5.75 Å². The molecular formula is C20H30IN7O. The average Bonchev–Trinajstić information content (AvgIpc) is 3.18. The van der Waals surface area contributed by atoms with Crippen molar-refractivity contribution in [2.75, 3.05) is 45.2 Å². The maximum atomic E-state index is 5.25. The monoisotopic (exact) mass is 511 g/mol. The summed E-state index contributed by atoms with van der Waals surface area (Å²) in [6.45, 7) is 5.49. The van der Waals surface area contributed by atoms with Gasteiger partial charge in [0.2, 0.25) is 0 Å². The molecule has 29 heavy (non-hydrogen) atoms. The first kappa shape index (κ1) is 21.7. The lowest BCUT2D eigenvalue weighted by Gasteiger charge is -2.37. The maximum absolute atomic E-state index is 5.25. The predicted octanol–water partition coefficient (Wildman–Crippen LogP) is 2.14. The Balaban J connectivity index is 0.00000240. The van der Waals surface area contributed by atoms with Crippen LogP contribution in [0.1, 0.15) is 24.5 Å². The number of rotatable bonds is 4. The highest BCUT2D eigenvalue weighted by Crippen LogP contribution is 2.20. The van der Waals surface area contributed by atoms with Gasteiger partial charge in [-0.05, 0) is 37.1 Å². The smallest absolute Gasteiger partial charge is 0.194 e. The van der Waals surface area contributed by atoms with Crippen molar-refractivity contribution < 1.29 is 4.74 Å². The minimum absolute atomic E-state index is 0. The van der Waals surface area contributed by atoms with Crippen LogP contribution >= 0.6 is 24.0 Å². The van der Waals surface area contributed by atoms with Crippen LogP contribution in [0.3, 0.4) is 0 Å². The van der Waals surface area contributed by atoms with Gasteiger partial charge >= 0.3 is 0 Å². The Bertz CT molecular complexity index is 813. The van der Waals surface area contributed by atoms with Crippen LogP contribution in [0.25, 0.3) is 0 Å². The molecule has 3 heterocycles. The van der Waals surface area contributed by atoms with Crippen molar-refractivity contribution >= 4 is 35.6 Å². The summed E-state index contributed by atoms with van der Waals surface area (Å²) >= 11 is 0. The van der Waals surface area contributed by atoms with Gasteiger partial charge in [-0.15, -0.1) is 34.2 Å². The van der Waals surface area contributed by atoms with Crippen LogP contribution < -0.4 is 15.0 Å². The fourth-order valence-electron chi connectivity index (χ4n) is 3.96. The Labute approximate surface area is 189 Å². The number of hydrogen-bond donors (Lipinski definition) is 1. The van der Waals surface area contributed by atoms with Gasteiger partial charge in [-0.25, -0.2) is 0 Å². The first-order valence-electron chi connectivity index (χ1n) is 10.0. The third-order valence-electron chi connectivity index (χ3n) is 5.57. The predicted molar refractivity (Wildman–Crippen MR) is 125 cm³/mol. The minimum Gasteiger partial charge on any atom is -0.497 e. The van der Waals surface area contributed by atoms with Gasteiger partial charge in [-0.3, -0.25) is 4.99 Å². The maximum Gasteiger partial charge on any atom is 0.194 e. The third-order valence-corrected chi connectivity index (χ3v) is 5.57. The Kier molecular flexibility index (Phi) is 7.57. The van der Waals surface area contributed by atoms with E-state index in [1.54, 1.807) is 7.11 Å². The number of hydrogen-bond acceptors (Lipinski definition) is 5. The van der Waals surface area contributed by atoms with Crippen molar-refractivity contribution in [2.24, 2.45) is 4.99 Å². The second-order valence-corrected chi connectivity index (χ2v) is 7.21. The van der Waals surface area contributed by atoms with Crippen LogP contribution in [-0.4, -0.2) is 66.0 Å². The zero-order valence-electron chi connectivity index (χ0n) is 17.2. The van der Waals surface area contributed by atoms with Gasteiger partial charge in [-0.2, -0.15) is 0 Å². The van der Waals surface area contributed by atoms with E-state index in [2.05, 4.69) is 47.0 Å². The summed E-state index contributed by atoms with van der Waals surface area (Å²) in [6.07, 6.45) is 3.46. The van der Waals surface area contributed by atoms with Crippen LogP contribution in [0.5, 0.6) is 5.75 Å². The SMILES string of the molecule is CN=C(NCc1nnc2n1CCCC2)N1CCN(c2ccc(OC)cc2)CC1.I. The van der Waals surface area contributed by atoms with Gasteiger partial charge in [0.05, 0.1) is 13.7 Å². The summed E-state index contributed by atoms with van der Waals surface area (Å²) in [5.74, 6) is 3.95. The zero-order chi connectivity index (χ0) is 19.3. The lowest BCUT2D eigenvalue weighted by atomic mass is 10.2. The van der Waals surface area contributed by atoms with Crippen LogP contribution in [0.4, 0.5) is 5.69 Å². The van der Waals surface area contributed by atoms with Crippen molar-refractivity contribution in [1.29, 1.82) is 0 Å². The molecule has 9 heteroatoms. The number of ether oxygens (including phenoxy) is 1. The molecule has 4 rings (SSSR count). The number of halogens is 1. The van der Waals surface area contributed by atoms with Gasteiger partial charge in [0.15, 0.2) is 11.8 Å². The summed E-state index contributed by atoms with van der Waals surface area (Å²) in [6, 6.07) is 8.27. The molecule has 158 valence electrons. The molecule has 0 aliphatic carbocycles. The number of aliphatic imine (C=N–C) groups is 1. The number of piperazine rings is 1. The number of anilines is 1. The number of benzene rings is 1. The zero-order valence-corrected chi connectivity index (χ0v) is 19.5. The normalized spacial score (nSPS) is 16.8. The van der Waals surface area contributed by atoms with Crippen molar-refractivity contribution in [3.05, 3.63) is 35.9 Å². The van der Waals surface area contributed by atoms with E-state index < -0.39 is 0 Å². The standard InChI is InChI=1S/C20H29N7O.HI/c1-21-20(22-15-19-24-23-18-5-3-4-10-27(18)19)26-13-11-25(12-14-26)16-6-8-17(28-2)9-7-16;/h6-9H,3-5,10-15H2,1-2H3,(H,21,22);1H. The summed E-state index contributed by atoms with van der Waals surface area (Å²) in [5, 5.41) is 12.2. The highest BCUT2D eigenvalue weighted by molar-refractivity contribution is 14.0. The quantitative estimate of drug-likeness (QED) is 0.386. The Morgan fingerprint density at radius 1 is 1.07 bits per heavy atom. The molecule has 0 spiro atoms. The van der Waals surface area contributed by atoms with E-state index in [0.717, 1.165) is 62.5 Å². The van der Waals surface area contributed by atoms with E-state index in [9.17, 15) is 0 Å². The fraction of sp³-hybridized carbons (Fsp3) is 0.550. The second-order valence-electron chi connectivity index (χ2n) is 7.21. The van der Waals surface area contributed by atoms with Crippen LogP contribution in [0.15, 0.2) is 29.3 Å². The highest BCUT2D eigenvalue weighted by atomic mass is 127.